The molecule has 1 aromatic carbocycles. The van der Waals surface area contributed by atoms with Gasteiger partial charge in [0, 0.05) is 7.11 Å². The highest BCUT2D eigenvalue weighted by Crippen LogP contribution is 2.13. The van der Waals surface area contributed by atoms with Gasteiger partial charge in [0.25, 0.3) is 0 Å². The number of carbonyl (C=O) groups is 1. The largest absolute Gasteiger partial charge is 0.372 e. The number of nitrogens with zero attached hydrogens (tertiary/aromatic N) is 1. The van der Waals surface area contributed by atoms with Gasteiger partial charge in [-0.2, -0.15) is 5.26 Å². The van der Waals surface area contributed by atoms with Crippen LogP contribution in [0.4, 0.5) is 0 Å². The minimum absolute atomic E-state index is 0.102. The number of ether oxygens (including phenoxy) is 1. The van der Waals surface area contributed by atoms with Crippen molar-refractivity contribution in [3.8, 4) is 6.07 Å². The van der Waals surface area contributed by atoms with Crippen molar-refractivity contribution in [3.05, 3.63) is 35.4 Å². The topological polar surface area (TPSA) is 62.1 Å². The second kappa shape index (κ2) is 6.77. The van der Waals surface area contributed by atoms with Crippen LogP contribution in [0, 0.1) is 11.3 Å². The van der Waals surface area contributed by atoms with Gasteiger partial charge in [-0.25, -0.2) is 0 Å². The molecule has 0 aliphatic rings. The van der Waals surface area contributed by atoms with E-state index in [1.165, 1.54) is 7.11 Å². The molecule has 0 saturated heterocycles. The lowest BCUT2D eigenvalue weighted by atomic mass is 10.1. The van der Waals surface area contributed by atoms with E-state index in [9.17, 15) is 4.79 Å². The second-order valence-corrected chi connectivity index (χ2v) is 4.10. The molecule has 0 unspecified atom stereocenters. The molecular formula is C14H18N2O2. The van der Waals surface area contributed by atoms with Crippen LogP contribution in [-0.2, 0) is 9.53 Å². The summed E-state index contributed by atoms with van der Waals surface area (Å²) in [5.41, 5.74) is 1.58. The van der Waals surface area contributed by atoms with Crippen molar-refractivity contribution in [2.45, 2.75) is 32.4 Å². The van der Waals surface area contributed by atoms with Gasteiger partial charge in [0.15, 0.2) is 0 Å². The molecule has 0 spiro atoms. The average Bonchev–Trinajstić information content (AvgIpc) is 2.40. The summed E-state index contributed by atoms with van der Waals surface area (Å²) in [7, 11) is 1.53. The highest BCUT2D eigenvalue weighted by molar-refractivity contribution is 5.81. The van der Waals surface area contributed by atoms with Crippen LogP contribution in [0.25, 0.3) is 0 Å². The van der Waals surface area contributed by atoms with Crippen LogP contribution in [0.15, 0.2) is 24.3 Å². The molecule has 0 fully saturated rings. The molecule has 0 aromatic heterocycles. The third kappa shape index (κ3) is 3.57. The lowest BCUT2D eigenvalue weighted by Crippen LogP contribution is -2.36. The molecular weight excluding hydrogens is 228 g/mol. The quantitative estimate of drug-likeness (QED) is 0.866. The van der Waals surface area contributed by atoms with Crippen LogP contribution in [0.2, 0.25) is 0 Å². The maximum Gasteiger partial charge on any atom is 0.249 e. The van der Waals surface area contributed by atoms with E-state index in [2.05, 4.69) is 11.4 Å². The summed E-state index contributed by atoms with van der Waals surface area (Å²) in [6.07, 6.45) is 0.230. The Balaban J connectivity index is 2.67. The number of hydrogen-bond donors (Lipinski definition) is 1. The summed E-state index contributed by atoms with van der Waals surface area (Å²) in [5, 5.41) is 11.6. The SMILES string of the molecule is CC[C@@H](OC)C(=O)N[C@H](C)c1ccc(C#N)cc1. The van der Waals surface area contributed by atoms with E-state index in [4.69, 9.17) is 10.00 Å². The Labute approximate surface area is 108 Å². The molecule has 1 rings (SSSR count). The maximum atomic E-state index is 11.8. The molecule has 0 aliphatic carbocycles. The van der Waals surface area contributed by atoms with E-state index in [0.717, 1.165) is 5.56 Å². The number of nitrogens with one attached hydrogen (secondary N) is 1. The van der Waals surface area contributed by atoms with Crippen LogP contribution >= 0.6 is 0 Å². The second-order valence-electron chi connectivity index (χ2n) is 4.10. The number of methoxy groups -OCH3 is 1. The van der Waals surface area contributed by atoms with Gasteiger partial charge in [0.2, 0.25) is 5.91 Å². The summed E-state index contributed by atoms with van der Waals surface area (Å²) in [6.45, 7) is 3.81. The molecule has 0 radical (unpaired) electrons. The normalized spacial score (nSPS) is 13.4. The summed E-state index contributed by atoms with van der Waals surface area (Å²) < 4.78 is 5.08. The fourth-order valence-corrected chi connectivity index (χ4v) is 1.70. The Morgan fingerprint density at radius 2 is 2.06 bits per heavy atom. The van der Waals surface area contributed by atoms with Crippen LogP contribution in [0.1, 0.15) is 37.4 Å². The first-order valence-corrected chi connectivity index (χ1v) is 5.95. The fourth-order valence-electron chi connectivity index (χ4n) is 1.70. The van der Waals surface area contributed by atoms with E-state index >= 15 is 0 Å². The molecule has 18 heavy (non-hydrogen) atoms. The molecule has 4 nitrogen and oxygen atoms in total. The van der Waals surface area contributed by atoms with Crippen molar-refractivity contribution < 1.29 is 9.53 Å². The fraction of sp³-hybridized carbons (Fsp3) is 0.429. The predicted octanol–water partition coefficient (Wildman–Crippen LogP) is 2.16. The number of hydrogen-bond acceptors (Lipinski definition) is 3. The summed E-state index contributed by atoms with van der Waals surface area (Å²) in [6, 6.07) is 9.13. The Morgan fingerprint density at radius 3 is 2.50 bits per heavy atom. The van der Waals surface area contributed by atoms with Crippen molar-refractivity contribution in [1.29, 1.82) is 5.26 Å². The number of carbonyl (C=O) groups excluding carboxylic acids is 1. The molecule has 0 saturated carbocycles. The molecule has 0 bridgehead atoms. The molecule has 0 heterocycles. The third-order valence-electron chi connectivity index (χ3n) is 2.85. The van der Waals surface area contributed by atoms with Crippen LogP contribution in [-0.4, -0.2) is 19.1 Å². The smallest absolute Gasteiger partial charge is 0.249 e. The standard InChI is InChI=1S/C14H18N2O2/c1-4-13(18-3)14(17)16-10(2)12-7-5-11(9-15)6-8-12/h5-8,10,13H,4H2,1-3H3,(H,16,17)/t10-,13-/m1/s1. The number of nitriles is 1. The highest BCUT2D eigenvalue weighted by Gasteiger charge is 2.17. The van der Waals surface area contributed by atoms with Gasteiger partial charge in [0.05, 0.1) is 17.7 Å². The molecule has 4 heteroatoms. The predicted molar refractivity (Wildman–Crippen MR) is 68.8 cm³/mol. The number of benzene rings is 1. The first-order valence-electron chi connectivity index (χ1n) is 5.95. The first kappa shape index (κ1) is 14.2. The minimum atomic E-state index is -0.411. The van der Waals surface area contributed by atoms with Gasteiger partial charge in [-0.05, 0) is 31.0 Å². The third-order valence-corrected chi connectivity index (χ3v) is 2.85. The molecule has 1 aromatic rings. The van der Waals surface area contributed by atoms with E-state index in [1.54, 1.807) is 12.1 Å². The minimum Gasteiger partial charge on any atom is -0.372 e. The van der Waals surface area contributed by atoms with Crippen LogP contribution in [0.5, 0.6) is 0 Å². The Kier molecular flexibility index (Phi) is 5.34. The van der Waals surface area contributed by atoms with E-state index in [-0.39, 0.29) is 11.9 Å². The van der Waals surface area contributed by atoms with Crippen molar-refractivity contribution in [2.24, 2.45) is 0 Å². The van der Waals surface area contributed by atoms with Gasteiger partial charge in [-0.3, -0.25) is 4.79 Å². The molecule has 0 aliphatic heterocycles. The van der Waals surface area contributed by atoms with E-state index in [1.807, 2.05) is 26.0 Å². The first-order chi connectivity index (χ1) is 8.62. The lowest BCUT2D eigenvalue weighted by Gasteiger charge is -2.18. The van der Waals surface area contributed by atoms with E-state index < -0.39 is 6.10 Å². The Hall–Kier alpha value is -1.86. The van der Waals surface area contributed by atoms with Crippen molar-refractivity contribution in [1.82, 2.24) is 5.32 Å². The number of amides is 1. The zero-order chi connectivity index (χ0) is 13.5. The van der Waals surface area contributed by atoms with Gasteiger partial charge in [-0.15, -0.1) is 0 Å². The Morgan fingerprint density at radius 1 is 1.44 bits per heavy atom. The monoisotopic (exact) mass is 246 g/mol. The zero-order valence-corrected chi connectivity index (χ0v) is 10.9. The summed E-state index contributed by atoms with van der Waals surface area (Å²) in [5.74, 6) is -0.114. The van der Waals surface area contributed by atoms with Crippen molar-refractivity contribution in [2.75, 3.05) is 7.11 Å². The summed E-state index contributed by atoms with van der Waals surface area (Å²) >= 11 is 0. The molecule has 2 atom stereocenters. The van der Waals surface area contributed by atoms with Crippen LogP contribution < -0.4 is 5.32 Å². The summed E-state index contributed by atoms with van der Waals surface area (Å²) in [4.78, 5) is 11.8. The van der Waals surface area contributed by atoms with Crippen molar-refractivity contribution >= 4 is 5.91 Å². The van der Waals surface area contributed by atoms with E-state index in [0.29, 0.717) is 12.0 Å². The van der Waals surface area contributed by atoms with Gasteiger partial charge >= 0.3 is 0 Å². The molecule has 96 valence electrons. The average molecular weight is 246 g/mol. The maximum absolute atomic E-state index is 11.8. The van der Waals surface area contributed by atoms with Gasteiger partial charge < -0.3 is 10.1 Å². The number of rotatable bonds is 5. The highest BCUT2D eigenvalue weighted by atomic mass is 16.5. The lowest BCUT2D eigenvalue weighted by molar-refractivity contribution is -0.131. The zero-order valence-electron chi connectivity index (χ0n) is 10.9. The Bertz CT molecular complexity index is 430. The molecule has 1 N–H and O–H groups in total. The van der Waals surface area contributed by atoms with Gasteiger partial charge in [-0.1, -0.05) is 19.1 Å². The molecule has 1 amide bonds. The van der Waals surface area contributed by atoms with Crippen LogP contribution in [0.3, 0.4) is 0 Å². The van der Waals surface area contributed by atoms with Gasteiger partial charge in [0.1, 0.15) is 6.10 Å². The van der Waals surface area contributed by atoms with Crippen molar-refractivity contribution in [3.63, 3.8) is 0 Å².